The number of carbonyl (C=O) groups is 1. The lowest BCUT2D eigenvalue weighted by molar-refractivity contribution is -0.135. The molecule has 16 heavy (non-hydrogen) atoms. The average Bonchev–Trinajstić information content (AvgIpc) is 2.15. The monoisotopic (exact) mass is 232 g/mol. The molecule has 1 aromatic rings. The second-order valence-electron chi connectivity index (χ2n) is 3.38. The SMILES string of the molecule is Cc1nccc(C(=O)CCCC(F)(F)F)n1. The lowest BCUT2D eigenvalue weighted by atomic mass is 10.1. The van der Waals surface area contributed by atoms with Crippen LogP contribution >= 0.6 is 0 Å². The second kappa shape index (κ2) is 5.05. The number of aromatic nitrogens is 2. The largest absolute Gasteiger partial charge is 0.389 e. The van der Waals surface area contributed by atoms with Crippen LogP contribution in [0.25, 0.3) is 0 Å². The molecule has 0 amide bonds. The number of carbonyl (C=O) groups excluding carboxylic acids is 1. The molecule has 0 unspecified atom stereocenters. The number of ketones is 1. The summed E-state index contributed by atoms with van der Waals surface area (Å²) >= 11 is 0. The minimum Gasteiger partial charge on any atom is -0.292 e. The Kier molecular flexibility index (Phi) is 3.98. The molecule has 0 spiro atoms. The van der Waals surface area contributed by atoms with E-state index in [0.29, 0.717) is 5.82 Å². The first kappa shape index (κ1) is 12.6. The fourth-order valence-electron chi connectivity index (χ4n) is 1.19. The molecule has 0 aromatic carbocycles. The number of halogens is 3. The van der Waals surface area contributed by atoms with Gasteiger partial charge in [0.25, 0.3) is 0 Å². The van der Waals surface area contributed by atoms with E-state index in [9.17, 15) is 18.0 Å². The quantitative estimate of drug-likeness (QED) is 0.749. The van der Waals surface area contributed by atoms with E-state index in [0.717, 1.165) is 0 Å². The zero-order chi connectivity index (χ0) is 12.2. The van der Waals surface area contributed by atoms with Crippen LogP contribution in [-0.2, 0) is 0 Å². The average molecular weight is 232 g/mol. The van der Waals surface area contributed by atoms with Crippen molar-refractivity contribution in [3.8, 4) is 0 Å². The Morgan fingerprint density at radius 1 is 1.44 bits per heavy atom. The minimum atomic E-state index is -4.21. The summed E-state index contributed by atoms with van der Waals surface area (Å²) in [6.07, 6.45) is -4.08. The van der Waals surface area contributed by atoms with Gasteiger partial charge < -0.3 is 0 Å². The first-order valence-electron chi connectivity index (χ1n) is 4.78. The van der Waals surface area contributed by atoms with Gasteiger partial charge in [-0.05, 0) is 19.4 Å². The van der Waals surface area contributed by atoms with Crippen molar-refractivity contribution in [2.24, 2.45) is 0 Å². The van der Waals surface area contributed by atoms with Crippen LogP contribution in [0.2, 0.25) is 0 Å². The molecule has 3 nitrogen and oxygen atoms in total. The van der Waals surface area contributed by atoms with Gasteiger partial charge in [0.1, 0.15) is 11.5 Å². The Labute approximate surface area is 90.7 Å². The van der Waals surface area contributed by atoms with Crippen molar-refractivity contribution in [3.63, 3.8) is 0 Å². The summed E-state index contributed by atoms with van der Waals surface area (Å²) in [6.45, 7) is 1.62. The van der Waals surface area contributed by atoms with Crippen LogP contribution in [0.5, 0.6) is 0 Å². The van der Waals surface area contributed by atoms with E-state index in [1.165, 1.54) is 12.3 Å². The molecule has 1 aromatic heterocycles. The third-order valence-corrected chi connectivity index (χ3v) is 1.93. The minimum absolute atomic E-state index is 0.143. The van der Waals surface area contributed by atoms with Crippen molar-refractivity contribution in [3.05, 3.63) is 23.8 Å². The summed E-state index contributed by atoms with van der Waals surface area (Å²) in [5, 5.41) is 0. The number of alkyl halides is 3. The molecule has 0 radical (unpaired) electrons. The molecule has 1 heterocycles. The number of hydrogen-bond acceptors (Lipinski definition) is 3. The molecule has 0 bridgehead atoms. The lowest BCUT2D eigenvalue weighted by Crippen LogP contribution is -2.09. The highest BCUT2D eigenvalue weighted by molar-refractivity contribution is 5.94. The highest BCUT2D eigenvalue weighted by atomic mass is 19.4. The van der Waals surface area contributed by atoms with Gasteiger partial charge in [-0.1, -0.05) is 0 Å². The van der Waals surface area contributed by atoms with E-state index >= 15 is 0 Å². The van der Waals surface area contributed by atoms with Crippen molar-refractivity contribution < 1.29 is 18.0 Å². The molecular weight excluding hydrogens is 221 g/mol. The van der Waals surface area contributed by atoms with Crippen molar-refractivity contribution in [2.45, 2.75) is 32.4 Å². The van der Waals surface area contributed by atoms with Crippen LogP contribution in [0.3, 0.4) is 0 Å². The molecule has 0 saturated carbocycles. The predicted molar refractivity (Wildman–Crippen MR) is 51.0 cm³/mol. The molecule has 1 rings (SSSR count). The second-order valence-corrected chi connectivity index (χ2v) is 3.38. The zero-order valence-corrected chi connectivity index (χ0v) is 8.71. The number of nitrogens with zero attached hydrogens (tertiary/aromatic N) is 2. The van der Waals surface area contributed by atoms with Gasteiger partial charge in [0.05, 0.1) is 0 Å². The Morgan fingerprint density at radius 3 is 2.69 bits per heavy atom. The summed E-state index contributed by atoms with van der Waals surface area (Å²) in [5.74, 6) is 0.0522. The highest BCUT2D eigenvalue weighted by Crippen LogP contribution is 2.22. The summed E-state index contributed by atoms with van der Waals surface area (Å²) in [5.41, 5.74) is 0.176. The van der Waals surface area contributed by atoms with Gasteiger partial charge in [-0.3, -0.25) is 4.79 Å². The van der Waals surface area contributed by atoms with Gasteiger partial charge in [-0.25, -0.2) is 9.97 Å². The summed E-state index contributed by atoms with van der Waals surface area (Å²) < 4.78 is 35.5. The van der Waals surface area contributed by atoms with Gasteiger partial charge in [-0.2, -0.15) is 13.2 Å². The fraction of sp³-hybridized carbons (Fsp3) is 0.500. The zero-order valence-electron chi connectivity index (χ0n) is 8.71. The maximum absolute atomic E-state index is 11.8. The number of aryl methyl sites for hydroxylation is 1. The molecule has 0 atom stereocenters. The van der Waals surface area contributed by atoms with Crippen molar-refractivity contribution in [1.82, 2.24) is 9.97 Å². The summed E-state index contributed by atoms with van der Waals surface area (Å²) in [7, 11) is 0. The topological polar surface area (TPSA) is 42.9 Å². The third kappa shape index (κ3) is 4.37. The van der Waals surface area contributed by atoms with Crippen LogP contribution in [0, 0.1) is 6.92 Å². The molecule has 0 saturated heterocycles. The Bertz CT molecular complexity index is 377. The van der Waals surface area contributed by atoms with E-state index in [-0.39, 0.29) is 24.3 Å². The van der Waals surface area contributed by atoms with Gasteiger partial charge in [0.15, 0.2) is 5.78 Å². The molecule has 88 valence electrons. The van der Waals surface area contributed by atoms with Crippen molar-refractivity contribution >= 4 is 5.78 Å². The standard InChI is InChI=1S/C10H11F3N2O/c1-7-14-6-4-8(15-7)9(16)3-2-5-10(11,12)13/h4,6H,2-3,5H2,1H3. The molecule has 0 aliphatic heterocycles. The van der Waals surface area contributed by atoms with Gasteiger partial charge in [-0.15, -0.1) is 0 Å². The van der Waals surface area contributed by atoms with Crippen LogP contribution in [0.15, 0.2) is 12.3 Å². The molecule has 0 aliphatic carbocycles. The van der Waals surface area contributed by atoms with Gasteiger partial charge >= 0.3 is 6.18 Å². The van der Waals surface area contributed by atoms with Gasteiger partial charge in [0, 0.05) is 19.0 Å². The number of hydrogen-bond donors (Lipinski definition) is 0. The molecular formula is C10H11F3N2O. The maximum Gasteiger partial charge on any atom is 0.389 e. The Balaban J connectivity index is 2.47. The highest BCUT2D eigenvalue weighted by Gasteiger charge is 2.26. The normalized spacial score (nSPS) is 11.5. The van der Waals surface area contributed by atoms with E-state index in [1.54, 1.807) is 6.92 Å². The summed E-state index contributed by atoms with van der Waals surface area (Å²) in [4.78, 5) is 19.1. The maximum atomic E-state index is 11.8. The molecule has 0 aliphatic rings. The van der Waals surface area contributed by atoms with Crippen LogP contribution in [-0.4, -0.2) is 21.9 Å². The van der Waals surface area contributed by atoms with Crippen molar-refractivity contribution in [1.29, 1.82) is 0 Å². The summed E-state index contributed by atoms with van der Waals surface area (Å²) in [6, 6.07) is 1.41. The first-order chi connectivity index (χ1) is 7.38. The Morgan fingerprint density at radius 2 is 2.12 bits per heavy atom. The van der Waals surface area contributed by atoms with E-state index in [2.05, 4.69) is 9.97 Å². The Hall–Kier alpha value is -1.46. The van der Waals surface area contributed by atoms with E-state index in [1.807, 2.05) is 0 Å². The van der Waals surface area contributed by atoms with E-state index in [4.69, 9.17) is 0 Å². The lowest BCUT2D eigenvalue weighted by Gasteiger charge is -2.05. The first-order valence-corrected chi connectivity index (χ1v) is 4.78. The third-order valence-electron chi connectivity index (χ3n) is 1.93. The number of Topliss-reactive ketones (excluding diaryl/α,β-unsaturated/α-hetero) is 1. The van der Waals surface area contributed by atoms with Gasteiger partial charge in [0.2, 0.25) is 0 Å². The molecule has 0 N–H and O–H groups in total. The molecule has 0 fully saturated rings. The van der Waals surface area contributed by atoms with Crippen LogP contribution < -0.4 is 0 Å². The smallest absolute Gasteiger partial charge is 0.292 e. The predicted octanol–water partition coefficient (Wildman–Crippen LogP) is 2.70. The van der Waals surface area contributed by atoms with Crippen LogP contribution in [0.1, 0.15) is 35.6 Å². The number of rotatable bonds is 4. The van der Waals surface area contributed by atoms with Crippen LogP contribution in [0.4, 0.5) is 13.2 Å². The van der Waals surface area contributed by atoms with Crippen molar-refractivity contribution in [2.75, 3.05) is 0 Å². The fourth-order valence-corrected chi connectivity index (χ4v) is 1.19. The van der Waals surface area contributed by atoms with E-state index < -0.39 is 12.6 Å². The molecule has 6 heteroatoms.